The minimum Gasteiger partial charge on any atom is -0.480 e. The first-order valence-corrected chi connectivity index (χ1v) is 7.10. The summed E-state index contributed by atoms with van der Waals surface area (Å²) in [5, 5.41) is 9.85. The van der Waals surface area contributed by atoms with Crippen molar-refractivity contribution in [3.05, 3.63) is 34.6 Å². The number of aliphatic carboxylic acids is 1. The molecule has 1 aromatic rings. The largest absolute Gasteiger partial charge is 0.480 e. The van der Waals surface area contributed by atoms with Crippen LogP contribution in [0.15, 0.2) is 18.2 Å². The Labute approximate surface area is 123 Å². The third-order valence-electron chi connectivity index (χ3n) is 3.99. The molecule has 2 rings (SSSR count). The lowest BCUT2D eigenvalue weighted by Crippen LogP contribution is -2.53. The van der Waals surface area contributed by atoms with Crippen molar-refractivity contribution < 1.29 is 14.3 Å². The van der Waals surface area contributed by atoms with Crippen molar-refractivity contribution >= 4 is 17.6 Å². The van der Waals surface area contributed by atoms with Gasteiger partial charge in [0.2, 0.25) is 0 Å². The number of hydrogen-bond acceptors (Lipinski definition) is 2. The van der Waals surface area contributed by atoms with Crippen molar-refractivity contribution in [1.82, 2.24) is 4.90 Å². The van der Waals surface area contributed by atoms with Gasteiger partial charge in [-0.25, -0.2) is 4.39 Å². The fourth-order valence-corrected chi connectivity index (χ4v) is 3.25. The number of hydrogen-bond donors (Lipinski definition) is 1. The summed E-state index contributed by atoms with van der Waals surface area (Å²) in [7, 11) is 0. The minimum absolute atomic E-state index is 0.281. The SMILES string of the molecule is CC1(C)CCCN(Cc2ccc(F)cc2Cl)C1C(=O)O. The van der Waals surface area contributed by atoms with Gasteiger partial charge in [0, 0.05) is 11.6 Å². The molecule has 0 radical (unpaired) electrons. The Morgan fingerprint density at radius 1 is 1.55 bits per heavy atom. The predicted molar refractivity (Wildman–Crippen MR) is 76.3 cm³/mol. The molecule has 1 aliphatic heterocycles. The van der Waals surface area contributed by atoms with Crippen LogP contribution in [0.2, 0.25) is 5.02 Å². The normalized spacial score (nSPS) is 22.7. The zero-order valence-corrected chi connectivity index (χ0v) is 12.5. The molecule has 1 aliphatic rings. The number of carbonyl (C=O) groups is 1. The highest BCUT2D eigenvalue weighted by molar-refractivity contribution is 6.31. The summed E-state index contributed by atoms with van der Waals surface area (Å²) in [4.78, 5) is 13.5. The standard InChI is InChI=1S/C15H19ClFNO2/c1-15(2)6-3-7-18(13(15)14(19)20)9-10-4-5-11(17)8-12(10)16/h4-5,8,13H,3,6-7,9H2,1-2H3,(H,19,20). The van der Waals surface area contributed by atoms with Crippen LogP contribution < -0.4 is 0 Å². The molecule has 1 N–H and O–H groups in total. The van der Waals surface area contributed by atoms with Crippen molar-refractivity contribution in [3.8, 4) is 0 Å². The summed E-state index contributed by atoms with van der Waals surface area (Å²) < 4.78 is 13.1. The summed E-state index contributed by atoms with van der Waals surface area (Å²) in [5.41, 5.74) is 0.480. The van der Waals surface area contributed by atoms with Crippen molar-refractivity contribution in [3.63, 3.8) is 0 Å². The van der Waals surface area contributed by atoms with Crippen LogP contribution in [-0.4, -0.2) is 28.6 Å². The first-order chi connectivity index (χ1) is 9.31. The molecule has 1 fully saturated rings. The number of likely N-dealkylation sites (tertiary alicyclic amines) is 1. The van der Waals surface area contributed by atoms with Gasteiger partial charge in [-0.15, -0.1) is 0 Å². The van der Waals surface area contributed by atoms with Gasteiger partial charge in [0.05, 0.1) is 0 Å². The van der Waals surface area contributed by atoms with E-state index >= 15 is 0 Å². The molecular formula is C15H19ClFNO2. The van der Waals surface area contributed by atoms with Gasteiger partial charge < -0.3 is 5.11 Å². The molecule has 5 heteroatoms. The van der Waals surface area contributed by atoms with Gasteiger partial charge in [-0.1, -0.05) is 31.5 Å². The molecule has 1 unspecified atom stereocenters. The van der Waals surface area contributed by atoms with E-state index in [1.165, 1.54) is 12.1 Å². The summed E-state index contributed by atoms with van der Waals surface area (Å²) in [6.07, 6.45) is 1.84. The number of piperidine rings is 1. The fourth-order valence-electron chi connectivity index (χ4n) is 3.03. The Kier molecular flexibility index (Phi) is 4.35. The third-order valence-corrected chi connectivity index (χ3v) is 4.35. The van der Waals surface area contributed by atoms with E-state index in [1.807, 2.05) is 18.7 Å². The summed E-state index contributed by atoms with van der Waals surface area (Å²) >= 11 is 6.03. The van der Waals surface area contributed by atoms with Gasteiger partial charge in [0.1, 0.15) is 11.9 Å². The zero-order chi connectivity index (χ0) is 14.9. The van der Waals surface area contributed by atoms with Crippen LogP contribution in [0.3, 0.4) is 0 Å². The van der Waals surface area contributed by atoms with Crippen LogP contribution in [-0.2, 0) is 11.3 Å². The highest BCUT2D eigenvalue weighted by Crippen LogP contribution is 2.36. The Morgan fingerprint density at radius 2 is 2.25 bits per heavy atom. The number of carboxylic acids is 1. The number of halogens is 2. The molecule has 110 valence electrons. The van der Waals surface area contributed by atoms with Crippen molar-refractivity contribution in [2.45, 2.75) is 39.3 Å². The van der Waals surface area contributed by atoms with E-state index in [-0.39, 0.29) is 11.2 Å². The highest BCUT2D eigenvalue weighted by atomic mass is 35.5. The van der Waals surface area contributed by atoms with E-state index in [4.69, 9.17) is 11.6 Å². The van der Waals surface area contributed by atoms with Crippen LogP contribution in [0, 0.1) is 11.2 Å². The first kappa shape index (κ1) is 15.3. The van der Waals surface area contributed by atoms with Gasteiger partial charge in [-0.3, -0.25) is 9.69 Å². The Balaban J connectivity index is 2.24. The van der Waals surface area contributed by atoms with Crippen molar-refractivity contribution in [2.24, 2.45) is 5.41 Å². The van der Waals surface area contributed by atoms with E-state index < -0.39 is 12.0 Å². The van der Waals surface area contributed by atoms with Crippen molar-refractivity contribution in [1.29, 1.82) is 0 Å². The molecule has 0 aliphatic carbocycles. The van der Waals surface area contributed by atoms with Gasteiger partial charge in [0.25, 0.3) is 0 Å². The van der Waals surface area contributed by atoms with Gasteiger partial charge >= 0.3 is 5.97 Å². The second kappa shape index (κ2) is 5.70. The number of carboxylic acid groups (broad SMARTS) is 1. The van der Waals surface area contributed by atoms with E-state index in [2.05, 4.69) is 0 Å². The van der Waals surface area contributed by atoms with Crippen LogP contribution >= 0.6 is 11.6 Å². The lowest BCUT2D eigenvalue weighted by atomic mass is 9.76. The smallest absolute Gasteiger partial charge is 0.321 e. The quantitative estimate of drug-likeness (QED) is 0.928. The Hall–Kier alpha value is -1.13. The molecule has 0 spiro atoms. The molecule has 20 heavy (non-hydrogen) atoms. The maximum atomic E-state index is 13.1. The maximum Gasteiger partial charge on any atom is 0.321 e. The molecule has 1 aromatic carbocycles. The van der Waals surface area contributed by atoms with E-state index in [0.717, 1.165) is 18.4 Å². The van der Waals surface area contributed by atoms with Crippen LogP contribution in [0.4, 0.5) is 4.39 Å². The van der Waals surface area contributed by atoms with E-state index in [9.17, 15) is 14.3 Å². The average molecular weight is 300 g/mol. The predicted octanol–water partition coefficient (Wildman–Crippen LogP) is 3.55. The maximum absolute atomic E-state index is 13.1. The Morgan fingerprint density at radius 3 is 2.85 bits per heavy atom. The van der Waals surface area contributed by atoms with Crippen molar-refractivity contribution in [2.75, 3.05) is 6.54 Å². The molecule has 1 heterocycles. The third kappa shape index (κ3) is 3.13. The highest BCUT2D eigenvalue weighted by Gasteiger charge is 2.42. The molecular weight excluding hydrogens is 281 g/mol. The monoisotopic (exact) mass is 299 g/mol. The molecule has 1 atom stereocenters. The Bertz CT molecular complexity index is 519. The first-order valence-electron chi connectivity index (χ1n) is 6.72. The van der Waals surface area contributed by atoms with Crippen LogP contribution in [0.25, 0.3) is 0 Å². The zero-order valence-electron chi connectivity index (χ0n) is 11.7. The summed E-state index contributed by atoms with van der Waals surface area (Å²) in [6, 6.07) is 3.70. The molecule has 0 bridgehead atoms. The van der Waals surface area contributed by atoms with Gasteiger partial charge in [-0.2, -0.15) is 0 Å². The lowest BCUT2D eigenvalue weighted by molar-refractivity contribution is -0.151. The number of benzene rings is 1. The lowest BCUT2D eigenvalue weighted by Gasteiger charge is -2.44. The average Bonchev–Trinajstić information content (AvgIpc) is 2.31. The molecule has 3 nitrogen and oxygen atoms in total. The second-order valence-electron chi connectivity index (χ2n) is 6.04. The van der Waals surface area contributed by atoms with Crippen LogP contribution in [0.1, 0.15) is 32.3 Å². The second-order valence-corrected chi connectivity index (χ2v) is 6.45. The van der Waals surface area contributed by atoms with E-state index in [0.29, 0.717) is 18.1 Å². The summed E-state index contributed by atoms with van der Waals surface area (Å²) in [6.45, 7) is 5.10. The van der Waals surface area contributed by atoms with E-state index in [1.54, 1.807) is 6.07 Å². The fraction of sp³-hybridized carbons (Fsp3) is 0.533. The number of nitrogens with zero attached hydrogens (tertiary/aromatic N) is 1. The molecule has 0 saturated carbocycles. The molecule has 0 aromatic heterocycles. The topological polar surface area (TPSA) is 40.5 Å². The van der Waals surface area contributed by atoms with Crippen LogP contribution in [0.5, 0.6) is 0 Å². The summed E-state index contributed by atoms with van der Waals surface area (Å²) in [5.74, 6) is -1.19. The van der Waals surface area contributed by atoms with Gasteiger partial charge in [-0.05, 0) is 42.5 Å². The molecule has 1 saturated heterocycles. The van der Waals surface area contributed by atoms with Gasteiger partial charge in [0.15, 0.2) is 0 Å². The molecule has 0 amide bonds. The minimum atomic E-state index is -0.812. The number of rotatable bonds is 3.